The molecule has 1 unspecified atom stereocenters. The molecule has 0 aromatic heterocycles. The van der Waals surface area contributed by atoms with Gasteiger partial charge in [0.05, 0.1) is 37.3 Å². The van der Waals surface area contributed by atoms with Gasteiger partial charge in [-0.15, -0.1) is 0 Å². The second-order valence-corrected chi connectivity index (χ2v) is 9.25. The lowest BCUT2D eigenvalue weighted by Crippen LogP contribution is -2.59. The fraction of sp³-hybridized carbons (Fsp3) is 0.421. The van der Waals surface area contributed by atoms with E-state index >= 15 is 0 Å². The summed E-state index contributed by atoms with van der Waals surface area (Å²) in [5, 5.41) is 5.18. The maximum atomic E-state index is 12.2. The summed E-state index contributed by atoms with van der Waals surface area (Å²) in [4.78, 5) is 13.8. The van der Waals surface area contributed by atoms with Crippen molar-refractivity contribution in [3.05, 3.63) is 48.0 Å². The van der Waals surface area contributed by atoms with E-state index in [0.717, 1.165) is 5.56 Å². The molecule has 1 N–H and O–H groups in total. The van der Waals surface area contributed by atoms with Crippen LogP contribution in [-0.4, -0.2) is 56.1 Å². The Morgan fingerprint density at radius 1 is 1.15 bits per heavy atom. The minimum atomic E-state index is -2.98. The fourth-order valence-electron chi connectivity index (χ4n) is 3.51. The first-order valence-electron chi connectivity index (χ1n) is 8.84. The predicted octanol–water partition coefficient (Wildman–Crippen LogP) is 1.94. The third-order valence-corrected chi connectivity index (χ3v) is 6.82. The summed E-state index contributed by atoms with van der Waals surface area (Å²) in [7, 11) is -2.98. The Bertz CT molecular complexity index is 917. The molecule has 2 amide bonds. The van der Waals surface area contributed by atoms with Crippen molar-refractivity contribution in [1.82, 2.24) is 10.2 Å². The predicted molar refractivity (Wildman–Crippen MR) is 99.7 cm³/mol. The SMILES string of the molecule is O=C(NC1CCS(=O)(=O)C1)N1CC(OCc2cccc3ccccc23)C1. The zero-order valence-corrected chi connectivity index (χ0v) is 15.2. The molecule has 7 heteroatoms. The minimum absolute atomic E-state index is 0.0204. The number of ether oxygens (including phenoxy) is 1. The van der Waals surface area contributed by atoms with Crippen LogP contribution in [-0.2, 0) is 21.2 Å². The van der Waals surface area contributed by atoms with E-state index < -0.39 is 9.84 Å². The topological polar surface area (TPSA) is 75.7 Å². The van der Waals surface area contributed by atoms with Crippen molar-refractivity contribution in [2.24, 2.45) is 0 Å². The van der Waals surface area contributed by atoms with Crippen LogP contribution in [0.15, 0.2) is 42.5 Å². The van der Waals surface area contributed by atoms with Gasteiger partial charge in [0.15, 0.2) is 9.84 Å². The number of carbonyl (C=O) groups is 1. The van der Waals surface area contributed by atoms with Crippen LogP contribution in [0.2, 0.25) is 0 Å². The van der Waals surface area contributed by atoms with Crippen molar-refractivity contribution in [2.75, 3.05) is 24.6 Å². The maximum absolute atomic E-state index is 12.2. The zero-order valence-electron chi connectivity index (χ0n) is 14.4. The highest BCUT2D eigenvalue weighted by molar-refractivity contribution is 7.91. The molecule has 138 valence electrons. The number of rotatable bonds is 4. The third-order valence-electron chi connectivity index (χ3n) is 5.05. The van der Waals surface area contributed by atoms with Crippen molar-refractivity contribution < 1.29 is 17.9 Å². The van der Waals surface area contributed by atoms with Gasteiger partial charge in [-0.2, -0.15) is 0 Å². The molecule has 2 aliphatic rings. The van der Waals surface area contributed by atoms with Gasteiger partial charge in [-0.25, -0.2) is 13.2 Å². The molecule has 2 aromatic carbocycles. The normalized spacial score (nSPS) is 22.3. The largest absolute Gasteiger partial charge is 0.370 e. The Morgan fingerprint density at radius 3 is 2.69 bits per heavy atom. The summed E-state index contributed by atoms with van der Waals surface area (Å²) in [5.74, 6) is 0.211. The molecule has 2 saturated heterocycles. The molecule has 2 fully saturated rings. The molecule has 4 rings (SSSR count). The second-order valence-electron chi connectivity index (χ2n) is 7.03. The average Bonchev–Trinajstić information content (AvgIpc) is 2.92. The van der Waals surface area contributed by atoms with Crippen molar-refractivity contribution in [1.29, 1.82) is 0 Å². The lowest BCUT2D eigenvalue weighted by atomic mass is 10.1. The van der Waals surface area contributed by atoms with E-state index in [-0.39, 0.29) is 29.7 Å². The van der Waals surface area contributed by atoms with Gasteiger partial charge >= 0.3 is 6.03 Å². The van der Waals surface area contributed by atoms with Gasteiger partial charge in [0.25, 0.3) is 0 Å². The van der Waals surface area contributed by atoms with Gasteiger partial charge in [0, 0.05) is 6.04 Å². The van der Waals surface area contributed by atoms with Crippen molar-refractivity contribution in [2.45, 2.75) is 25.2 Å². The summed E-state index contributed by atoms with van der Waals surface area (Å²) >= 11 is 0. The van der Waals surface area contributed by atoms with E-state index in [4.69, 9.17) is 4.74 Å². The first kappa shape index (κ1) is 17.3. The van der Waals surface area contributed by atoms with Crippen LogP contribution >= 0.6 is 0 Å². The molecule has 6 nitrogen and oxygen atoms in total. The Balaban J connectivity index is 1.26. The van der Waals surface area contributed by atoms with Gasteiger partial charge in [-0.05, 0) is 22.8 Å². The first-order valence-corrected chi connectivity index (χ1v) is 10.7. The lowest BCUT2D eigenvalue weighted by molar-refractivity contribution is -0.0441. The van der Waals surface area contributed by atoms with Crippen molar-refractivity contribution >= 4 is 26.6 Å². The third kappa shape index (κ3) is 3.68. The van der Waals surface area contributed by atoms with Crippen LogP contribution in [0.3, 0.4) is 0 Å². The first-order chi connectivity index (χ1) is 12.5. The van der Waals surface area contributed by atoms with Gasteiger partial charge in [-0.1, -0.05) is 42.5 Å². The molecule has 0 spiro atoms. The highest BCUT2D eigenvalue weighted by Gasteiger charge is 2.35. The molecular formula is C19H22N2O4S. The van der Waals surface area contributed by atoms with E-state index in [1.54, 1.807) is 4.90 Å². The second kappa shape index (κ2) is 6.89. The molecular weight excluding hydrogens is 352 g/mol. The molecule has 2 heterocycles. The fourth-order valence-corrected chi connectivity index (χ4v) is 5.18. The van der Waals surface area contributed by atoms with Crippen LogP contribution in [0.1, 0.15) is 12.0 Å². The summed E-state index contributed by atoms with van der Waals surface area (Å²) in [6, 6.07) is 13.9. The monoisotopic (exact) mass is 374 g/mol. The maximum Gasteiger partial charge on any atom is 0.317 e. The number of nitrogens with one attached hydrogen (secondary N) is 1. The number of nitrogens with zero attached hydrogens (tertiary/aromatic N) is 1. The number of carbonyl (C=O) groups excluding carboxylic acids is 1. The van der Waals surface area contributed by atoms with Crippen LogP contribution in [0.4, 0.5) is 4.79 Å². The Kier molecular flexibility index (Phi) is 4.58. The van der Waals surface area contributed by atoms with E-state index in [2.05, 4.69) is 29.6 Å². The molecule has 0 aliphatic carbocycles. The Morgan fingerprint density at radius 2 is 1.92 bits per heavy atom. The van der Waals surface area contributed by atoms with Crippen LogP contribution in [0.5, 0.6) is 0 Å². The number of sulfone groups is 1. The standard InChI is InChI=1S/C19H22N2O4S/c22-19(20-16-8-9-26(23,24)13-16)21-10-17(11-21)25-12-15-6-3-5-14-4-1-2-7-18(14)15/h1-7,16-17H,8-13H2,(H,20,22). The van der Waals surface area contributed by atoms with Gasteiger partial charge in [0.1, 0.15) is 0 Å². The molecule has 0 saturated carbocycles. The highest BCUT2D eigenvalue weighted by atomic mass is 32.2. The molecule has 0 radical (unpaired) electrons. The van der Waals surface area contributed by atoms with Crippen LogP contribution in [0, 0.1) is 0 Å². The highest BCUT2D eigenvalue weighted by Crippen LogP contribution is 2.21. The molecule has 26 heavy (non-hydrogen) atoms. The van der Waals surface area contributed by atoms with Crippen molar-refractivity contribution in [3.8, 4) is 0 Å². The Labute approximate surface area is 153 Å². The molecule has 2 aromatic rings. The number of hydrogen-bond acceptors (Lipinski definition) is 4. The minimum Gasteiger partial charge on any atom is -0.370 e. The summed E-state index contributed by atoms with van der Waals surface area (Å²) in [6.07, 6.45) is 0.523. The van der Waals surface area contributed by atoms with Crippen molar-refractivity contribution in [3.63, 3.8) is 0 Å². The zero-order chi connectivity index (χ0) is 18.1. The van der Waals surface area contributed by atoms with E-state index in [9.17, 15) is 13.2 Å². The van der Waals surface area contributed by atoms with E-state index in [1.165, 1.54) is 10.8 Å². The van der Waals surface area contributed by atoms with Crippen LogP contribution in [0.25, 0.3) is 10.8 Å². The number of hydrogen-bond donors (Lipinski definition) is 1. The molecule has 2 aliphatic heterocycles. The number of fused-ring (bicyclic) bond motifs is 1. The average molecular weight is 374 g/mol. The lowest BCUT2D eigenvalue weighted by Gasteiger charge is -2.39. The number of amides is 2. The van der Waals surface area contributed by atoms with E-state index in [1.807, 2.05) is 18.2 Å². The quantitative estimate of drug-likeness (QED) is 0.887. The molecule has 1 atom stereocenters. The Hall–Kier alpha value is -2.12. The molecule has 0 bridgehead atoms. The summed E-state index contributed by atoms with van der Waals surface area (Å²) in [6.45, 7) is 1.59. The van der Waals surface area contributed by atoms with E-state index in [0.29, 0.717) is 26.1 Å². The number of benzene rings is 2. The van der Waals surface area contributed by atoms with Crippen LogP contribution < -0.4 is 5.32 Å². The van der Waals surface area contributed by atoms with Gasteiger partial charge in [-0.3, -0.25) is 0 Å². The summed E-state index contributed by atoms with van der Waals surface area (Å²) < 4.78 is 28.9. The summed E-state index contributed by atoms with van der Waals surface area (Å²) in [5.41, 5.74) is 1.14. The number of likely N-dealkylation sites (tertiary alicyclic amines) is 1. The number of urea groups is 1. The van der Waals surface area contributed by atoms with Gasteiger partial charge < -0.3 is 15.0 Å². The van der Waals surface area contributed by atoms with Gasteiger partial charge in [0.2, 0.25) is 0 Å². The smallest absolute Gasteiger partial charge is 0.317 e.